The Morgan fingerprint density at radius 2 is 2.31 bits per heavy atom. The fourth-order valence-corrected chi connectivity index (χ4v) is 1.67. The molecule has 3 nitrogen and oxygen atoms in total. The second kappa shape index (κ2) is 5.21. The Balaban J connectivity index is 2.40. The maximum absolute atomic E-state index is 8.96. The molecule has 3 heteroatoms. The summed E-state index contributed by atoms with van der Waals surface area (Å²) in [4.78, 5) is 0. The average molecular weight is 182 g/mol. The van der Waals surface area contributed by atoms with Gasteiger partial charge in [0.2, 0.25) is 0 Å². The maximum Gasteiger partial charge on any atom is 0.101 e. The van der Waals surface area contributed by atoms with Gasteiger partial charge in [0.15, 0.2) is 0 Å². The largest absolute Gasteiger partial charge is 0.381 e. The Hall–Kier alpha value is -0.590. The van der Waals surface area contributed by atoms with Crippen LogP contribution in [0.5, 0.6) is 0 Å². The van der Waals surface area contributed by atoms with Gasteiger partial charge in [-0.3, -0.25) is 5.32 Å². The van der Waals surface area contributed by atoms with E-state index < -0.39 is 0 Å². The predicted molar refractivity (Wildman–Crippen MR) is 51.2 cm³/mol. The average Bonchev–Trinajstić information content (AvgIpc) is 2.15. The zero-order valence-electron chi connectivity index (χ0n) is 8.42. The normalized spacial score (nSPS) is 25.5. The highest BCUT2D eigenvalue weighted by atomic mass is 16.5. The van der Waals surface area contributed by atoms with Gasteiger partial charge in [-0.05, 0) is 26.7 Å². The number of rotatable bonds is 3. The molecule has 0 radical (unpaired) electrons. The number of nitriles is 1. The quantitative estimate of drug-likeness (QED) is 0.715. The molecule has 0 aromatic rings. The zero-order valence-corrected chi connectivity index (χ0v) is 8.42. The van der Waals surface area contributed by atoms with Gasteiger partial charge >= 0.3 is 0 Å². The first-order chi connectivity index (χ1) is 6.24. The van der Waals surface area contributed by atoms with Crippen molar-refractivity contribution in [2.75, 3.05) is 13.2 Å². The van der Waals surface area contributed by atoms with Gasteiger partial charge in [0, 0.05) is 18.6 Å². The molecule has 13 heavy (non-hydrogen) atoms. The van der Waals surface area contributed by atoms with E-state index in [2.05, 4.69) is 25.2 Å². The topological polar surface area (TPSA) is 45.0 Å². The molecule has 0 aliphatic carbocycles. The summed E-state index contributed by atoms with van der Waals surface area (Å²) >= 11 is 0. The molecule has 1 saturated heterocycles. The van der Waals surface area contributed by atoms with Crippen molar-refractivity contribution in [3.8, 4) is 6.07 Å². The number of ether oxygens (including phenoxy) is 1. The van der Waals surface area contributed by atoms with Crippen molar-refractivity contribution in [1.82, 2.24) is 5.32 Å². The molecule has 0 aromatic carbocycles. The van der Waals surface area contributed by atoms with Gasteiger partial charge in [0.25, 0.3) is 0 Å². The predicted octanol–water partition coefficient (Wildman–Crippen LogP) is 1.30. The summed E-state index contributed by atoms with van der Waals surface area (Å²) in [5.41, 5.74) is 0. The van der Waals surface area contributed by atoms with Crippen molar-refractivity contribution in [3.05, 3.63) is 0 Å². The van der Waals surface area contributed by atoms with Crippen LogP contribution in [0, 0.1) is 17.2 Å². The Morgan fingerprint density at radius 3 is 2.77 bits per heavy atom. The van der Waals surface area contributed by atoms with Crippen LogP contribution in [0.2, 0.25) is 0 Å². The van der Waals surface area contributed by atoms with Gasteiger partial charge in [0.05, 0.1) is 12.7 Å². The lowest BCUT2D eigenvalue weighted by Crippen LogP contribution is -2.42. The summed E-state index contributed by atoms with van der Waals surface area (Å²) in [6.45, 7) is 5.72. The lowest BCUT2D eigenvalue weighted by molar-refractivity contribution is 0.0458. The van der Waals surface area contributed by atoms with Gasteiger partial charge in [-0.2, -0.15) is 5.26 Å². The minimum absolute atomic E-state index is 0.0414. The molecule has 0 aromatic heterocycles. The van der Waals surface area contributed by atoms with Crippen molar-refractivity contribution in [1.29, 1.82) is 5.26 Å². The second-order valence-electron chi connectivity index (χ2n) is 3.91. The van der Waals surface area contributed by atoms with Crippen LogP contribution in [0.25, 0.3) is 0 Å². The third kappa shape index (κ3) is 3.33. The van der Waals surface area contributed by atoms with Crippen molar-refractivity contribution in [2.45, 2.75) is 38.8 Å². The van der Waals surface area contributed by atoms with Crippen LogP contribution < -0.4 is 5.32 Å². The van der Waals surface area contributed by atoms with Crippen LogP contribution in [0.3, 0.4) is 0 Å². The van der Waals surface area contributed by atoms with Crippen LogP contribution in [0.4, 0.5) is 0 Å². The molecule has 0 bridgehead atoms. The van der Waals surface area contributed by atoms with E-state index in [-0.39, 0.29) is 6.04 Å². The fraction of sp³-hybridized carbons (Fsp3) is 0.900. The number of nitrogens with one attached hydrogen (secondary N) is 1. The Kier molecular flexibility index (Phi) is 4.20. The van der Waals surface area contributed by atoms with E-state index in [1.807, 2.05) is 0 Å². The lowest BCUT2D eigenvalue weighted by Gasteiger charge is -2.27. The van der Waals surface area contributed by atoms with Crippen molar-refractivity contribution < 1.29 is 4.74 Å². The third-order valence-electron chi connectivity index (χ3n) is 2.32. The molecule has 0 spiro atoms. The van der Waals surface area contributed by atoms with E-state index in [4.69, 9.17) is 10.00 Å². The van der Waals surface area contributed by atoms with E-state index in [1.54, 1.807) is 0 Å². The highest BCUT2D eigenvalue weighted by Crippen LogP contribution is 2.17. The highest BCUT2D eigenvalue weighted by molar-refractivity contribution is 4.96. The molecule has 1 fully saturated rings. The first-order valence-corrected chi connectivity index (χ1v) is 4.97. The van der Waals surface area contributed by atoms with E-state index in [0.717, 1.165) is 26.1 Å². The van der Waals surface area contributed by atoms with Crippen LogP contribution in [-0.4, -0.2) is 25.3 Å². The summed E-state index contributed by atoms with van der Waals surface area (Å²) in [6, 6.07) is 2.64. The summed E-state index contributed by atoms with van der Waals surface area (Å²) in [6.07, 6.45) is 2.20. The van der Waals surface area contributed by atoms with Crippen LogP contribution in [0.15, 0.2) is 0 Å². The number of hydrogen-bond donors (Lipinski definition) is 1. The molecule has 1 heterocycles. The van der Waals surface area contributed by atoms with Gasteiger partial charge in [-0.25, -0.2) is 0 Å². The van der Waals surface area contributed by atoms with Crippen LogP contribution >= 0.6 is 0 Å². The van der Waals surface area contributed by atoms with Crippen molar-refractivity contribution in [3.63, 3.8) is 0 Å². The molecule has 1 rings (SSSR count). The molecule has 2 atom stereocenters. The molecule has 1 aliphatic rings. The molecular weight excluding hydrogens is 164 g/mol. The summed E-state index contributed by atoms with van der Waals surface area (Å²) in [7, 11) is 0. The minimum atomic E-state index is -0.0414. The van der Waals surface area contributed by atoms with E-state index in [0.29, 0.717) is 12.0 Å². The summed E-state index contributed by atoms with van der Waals surface area (Å²) < 4.78 is 5.36. The standard InChI is InChI=1S/C10H18N2O/c1-8(2)12-10(6-11)9-4-3-5-13-7-9/h8-10,12H,3-5,7H2,1-2H3. The number of nitrogens with zero attached hydrogens (tertiary/aromatic N) is 1. The molecular formula is C10H18N2O. The highest BCUT2D eigenvalue weighted by Gasteiger charge is 2.24. The van der Waals surface area contributed by atoms with Crippen LogP contribution in [0.1, 0.15) is 26.7 Å². The Morgan fingerprint density at radius 1 is 1.54 bits per heavy atom. The zero-order chi connectivity index (χ0) is 9.68. The molecule has 0 saturated carbocycles. The smallest absolute Gasteiger partial charge is 0.101 e. The first kappa shape index (κ1) is 10.5. The Bertz CT molecular complexity index is 180. The lowest BCUT2D eigenvalue weighted by atomic mass is 9.94. The van der Waals surface area contributed by atoms with E-state index in [1.165, 1.54) is 0 Å². The minimum Gasteiger partial charge on any atom is -0.381 e. The number of hydrogen-bond acceptors (Lipinski definition) is 3. The maximum atomic E-state index is 8.96. The van der Waals surface area contributed by atoms with E-state index in [9.17, 15) is 0 Å². The van der Waals surface area contributed by atoms with Crippen LogP contribution in [-0.2, 0) is 4.74 Å². The second-order valence-corrected chi connectivity index (χ2v) is 3.91. The first-order valence-electron chi connectivity index (χ1n) is 4.97. The molecule has 1 aliphatic heterocycles. The van der Waals surface area contributed by atoms with Gasteiger partial charge < -0.3 is 4.74 Å². The molecule has 0 amide bonds. The third-order valence-corrected chi connectivity index (χ3v) is 2.32. The van der Waals surface area contributed by atoms with Gasteiger partial charge in [-0.15, -0.1) is 0 Å². The molecule has 2 unspecified atom stereocenters. The monoisotopic (exact) mass is 182 g/mol. The molecule has 74 valence electrons. The van der Waals surface area contributed by atoms with Gasteiger partial charge in [0.1, 0.15) is 6.04 Å². The Labute approximate surface area is 80.1 Å². The van der Waals surface area contributed by atoms with Crippen molar-refractivity contribution >= 4 is 0 Å². The molecule has 1 N–H and O–H groups in total. The SMILES string of the molecule is CC(C)NC(C#N)C1CCCOC1. The van der Waals surface area contributed by atoms with E-state index >= 15 is 0 Å². The van der Waals surface area contributed by atoms with Gasteiger partial charge in [-0.1, -0.05) is 0 Å². The van der Waals surface area contributed by atoms with Crippen molar-refractivity contribution in [2.24, 2.45) is 5.92 Å². The summed E-state index contributed by atoms with van der Waals surface area (Å²) in [5.74, 6) is 0.376. The fourth-order valence-electron chi connectivity index (χ4n) is 1.67. The summed E-state index contributed by atoms with van der Waals surface area (Å²) in [5, 5.41) is 12.2.